The predicted octanol–water partition coefficient (Wildman–Crippen LogP) is 0.186. The summed E-state index contributed by atoms with van der Waals surface area (Å²) in [5, 5.41) is 0. The molecule has 2 aliphatic rings. The number of aromatic amines is 1. The first-order chi connectivity index (χ1) is 8.24. The number of hydrogen-bond donors (Lipinski definition) is 2. The van der Waals surface area contributed by atoms with Crippen LogP contribution in [0, 0.1) is 0 Å². The standard InChI is InChI=1S/C12H18N4O/c13-8-5-6-16(7-8)12-14-10-4-2-1-3-9(10)11(17)15-12/h8H,1-7,13H2,(H,14,15,17). The maximum Gasteiger partial charge on any atom is 0.255 e. The van der Waals surface area contributed by atoms with Crippen LogP contribution in [-0.2, 0) is 12.8 Å². The third kappa shape index (κ3) is 1.95. The Labute approximate surface area is 100 Å². The Kier molecular flexibility index (Phi) is 2.63. The average Bonchev–Trinajstić information content (AvgIpc) is 2.76. The van der Waals surface area contributed by atoms with Gasteiger partial charge >= 0.3 is 0 Å². The van der Waals surface area contributed by atoms with Gasteiger partial charge in [-0.15, -0.1) is 0 Å². The van der Waals surface area contributed by atoms with Crippen LogP contribution in [0.25, 0.3) is 0 Å². The number of nitrogens with one attached hydrogen (secondary N) is 1. The van der Waals surface area contributed by atoms with Gasteiger partial charge in [0.15, 0.2) is 0 Å². The Morgan fingerprint density at radius 2 is 2.18 bits per heavy atom. The highest BCUT2D eigenvalue weighted by molar-refractivity contribution is 5.35. The molecule has 1 unspecified atom stereocenters. The van der Waals surface area contributed by atoms with Crippen molar-refractivity contribution in [2.75, 3.05) is 18.0 Å². The van der Waals surface area contributed by atoms with Crippen LogP contribution in [0.2, 0.25) is 0 Å². The first-order valence-corrected chi connectivity index (χ1v) is 6.36. The molecule has 1 fully saturated rings. The van der Waals surface area contributed by atoms with Gasteiger partial charge in [-0.1, -0.05) is 0 Å². The third-order valence-corrected chi connectivity index (χ3v) is 3.70. The summed E-state index contributed by atoms with van der Waals surface area (Å²) in [5.41, 5.74) is 7.81. The van der Waals surface area contributed by atoms with Gasteiger partial charge in [-0.2, -0.15) is 0 Å². The van der Waals surface area contributed by atoms with Crippen molar-refractivity contribution >= 4 is 5.95 Å². The quantitative estimate of drug-likeness (QED) is 0.727. The zero-order chi connectivity index (χ0) is 11.8. The van der Waals surface area contributed by atoms with E-state index in [0.717, 1.165) is 56.5 Å². The van der Waals surface area contributed by atoms with Gasteiger partial charge in [-0.25, -0.2) is 4.98 Å². The summed E-state index contributed by atoms with van der Waals surface area (Å²) in [6, 6.07) is 0.205. The summed E-state index contributed by atoms with van der Waals surface area (Å²) in [7, 11) is 0. The molecule has 3 rings (SSSR count). The van der Waals surface area contributed by atoms with E-state index in [1.54, 1.807) is 0 Å². The van der Waals surface area contributed by atoms with Crippen LogP contribution in [0.5, 0.6) is 0 Å². The largest absolute Gasteiger partial charge is 0.341 e. The Bertz CT molecular complexity index is 482. The van der Waals surface area contributed by atoms with E-state index in [9.17, 15) is 4.79 Å². The molecule has 1 aromatic rings. The molecule has 3 N–H and O–H groups in total. The van der Waals surface area contributed by atoms with Gasteiger partial charge < -0.3 is 10.6 Å². The van der Waals surface area contributed by atoms with Crippen LogP contribution in [0.15, 0.2) is 4.79 Å². The number of aromatic nitrogens is 2. The summed E-state index contributed by atoms with van der Waals surface area (Å²) < 4.78 is 0. The normalized spacial score (nSPS) is 23.8. The second kappa shape index (κ2) is 4.14. The molecular formula is C12H18N4O. The van der Waals surface area contributed by atoms with Crippen molar-refractivity contribution in [1.82, 2.24) is 9.97 Å². The summed E-state index contributed by atoms with van der Waals surface area (Å²) in [4.78, 5) is 21.6. The minimum atomic E-state index is 0.0465. The van der Waals surface area contributed by atoms with Crippen molar-refractivity contribution in [2.24, 2.45) is 5.73 Å². The Morgan fingerprint density at radius 1 is 1.35 bits per heavy atom. The van der Waals surface area contributed by atoms with E-state index >= 15 is 0 Å². The lowest BCUT2D eigenvalue weighted by atomic mass is 9.97. The lowest BCUT2D eigenvalue weighted by molar-refractivity contribution is 0.653. The molecule has 5 heteroatoms. The number of nitrogens with zero attached hydrogens (tertiary/aromatic N) is 2. The lowest BCUT2D eigenvalue weighted by Crippen LogP contribution is -2.31. The highest BCUT2D eigenvalue weighted by Crippen LogP contribution is 2.20. The van der Waals surface area contributed by atoms with Gasteiger partial charge in [-0.05, 0) is 32.1 Å². The van der Waals surface area contributed by atoms with Gasteiger partial charge in [0.05, 0.1) is 5.69 Å². The Hall–Kier alpha value is -1.36. The molecule has 1 aromatic heterocycles. The van der Waals surface area contributed by atoms with Crippen LogP contribution in [-0.4, -0.2) is 29.1 Å². The Morgan fingerprint density at radius 3 is 2.94 bits per heavy atom. The molecule has 1 aliphatic heterocycles. The number of nitrogens with two attached hydrogens (primary N) is 1. The first kappa shape index (κ1) is 10.8. The highest BCUT2D eigenvalue weighted by atomic mass is 16.1. The van der Waals surface area contributed by atoms with E-state index < -0.39 is 0 Å². The van der Waals surface area contributed by atoms with Gasteiger partial charge in [0.2, 0.25) is 5.95 Å². The van der Waals surface area contributed by atoms with E-state index in [4.69, 9.17) is 5.73 Å². The van der Waals surface area contributed by atoms with Crippen LogP contribution in [0.4, 0.5) is 5.95 Å². The molecule has 0 radical (unpaired) electrons. The fraction of sp³-hybridized carbons (Fsp3) is 0.667. The van der Waals surface area contributed by atoms with Crippen LogP contribution in [0.1, 0.15) is 30.5 Å². The molecule has 1 saturated heterocycles. The summed E-state index contributed by atoms with van der Waals surface area (Å²) in [6.45, 7) is 1.69. The third-order valence-electron chi connectivity index (χ3n) is 3.70. The van der Waals surface area contributed by atoms with Crippen LogP contribution >= 0.6 is 0 Å². The maximum atomic E-state index is 12.0. The molecule has 0 spiro atoms. The van der Waals surface area contributed by atoms with Crippen molar-refractivity contribution in [1.29, 1.82) is 0 Å². The molecule has 1 atom stereocenters. The predicted molar refractivity (Wildman–Crippen MR) is 66.3 cm³/mol. The molecule has 2 heterocycles. The number of aryl methyl sites for hydroxylation is 1. The number of hydrogen-bond acceptors (Lipinski definition) is 4. The zero-order valence-corrected chi connectivity index (χ0v) is 9.91. The van der Waals surface area contributed by atoms with E-state index in [2.05, 4.69) is 14.9 Å². The Balaban J connectivity index is 1.96. The lowest BCUT2D eigenvalue weighted by Gasteiger charge is -2.20. The summed E-state index contributed by atoms with van der Waals surface area (Å²) in [6.07, 6.45) is 5.03. The van der Waals surface area contributed by atoms with Crippen molar-refractivity contribution in [2.45, 2.75) is 38.1 Å². The number of anilines is 1. The van der Waals surface area contributed by atoms with Gasteiger partial charge in [0.1, 0.15) is 0 Å². The van der Waals surface area contributed by atoms with Crippen molar-refractivity contribution < 1.29 is 0 Å². The highest BCUT2D eigenvalue weighted by Gasteiger charge is 2.23. The van der Waals surface area contributed by atoms with Gasteiger partial charge in [0, 0.05) is 24.7 Å². The van der Waals surface area contributed by atoms with Gasteiger partial charge in [0.25, 0.3) is 5.56 Å². The maximum absolute atomic E-state index is 12.0. The molecule has 0 aromatic carbocycles. The first-order valence-electron chi connectivity index (χ1n) is 6.36. The number of rotatable bonds is 1. The monoisotopic (exact) mass is 234 g/mol. The SMILES string of the molecule is NC1CCN(c2nc3c(c(=O)[nH]2)CCCC3)C1. The molecule has 0 bridgehead atoms. The topological polar surface area (TPSA) is 75.0 Å². The summed E-state index contributed by atoms with van der Waals surface area (Å²) >= 11 is 0. The molecule has 17 heavy (non-hydrogen) atoms. The number of fused-ring (bicyclic) bond motifs is 1. The van der Waals surface area contributed by atoms with Crippen LogP contribution < -0.4 is 16.2 Å². The molecule has 0 amide bonds. The van der Waals surface area contributed by atoms with Crippen molar-refractivity contribution in [3.05, 3.63) is 21.6 Å². The summed E-state index contributed by atoms with van der Waals surface area (Å²) in [5.74, 6) is 0.712. The van der Waals surface area contributed by atoms with E-state index in [-0.39, 0.29) is 11.6 Å². The molecule has 92 valence electrons. The molecule has 1 aliphatic carbocycles. The molecule has 5 nitrogen and oxygen atoms in total. The molecular weight excluding hydrogens is 216 g/mol. The smallest absolute Gasteiger partial charge is 0.255 e. The fourth-order valence-corrected chi connectivity index (χ4v) is 2.72. The van der Waals surface area contributed by atoms with E-state index in [1.807, 2.05) is 0 Å². The minimum absolute atomic E-state index is 0.0465. The molecule has 0 saturated carbocycles. The number of H-pyrrole nitrogens is 1. The second-order valence-corrected chi connectivity index (χ2v) is 5.02. The average molecular weight is 234 g/mol. The van der Waals surface area contributed by atoms with E-state index in [1.165, 1.54) is 0 Å². The fourth-order valence-electron chi connectivity index (χ4n) is 2.72. The zero-order valence-electron chi connectivity index (χ0n) is 9.91. The van der Waals surface area contributed by atoms with Gasteiger partial charge in [-0.3, -0.25) is 9.78 Å². The van der Waals surface area contributed by atoms with Crippen LogP contribution in [0.3, 0.4) is 0 Å². The van der Waals surface area contributed by atoms with E-state index in [0.29, 0.717) is 5.95 Å². The minimum Gasteiger partial charge on any atom is -0.341 e. The second-order valence-electron chi connectivity index (χ2n) is 5.02. The van der Waals surface area contributed by atoms with Crippen molar-refractivity contribution in [3.63, 3.8) is 0 Å². The van der Waals surface area contributed by atoms with Crippen molar-refractivity contribution in [3.8, 4) is 0 Å².